The van der Waals surface area contributed by atoms with E-state index in [4.69, 9.17) is 0 Å². The third-order valence-electron chi connectivity index (χ3n) is 6.15. The summed E-state index contributed by atoms with van der Waals surface area (Å²) >= 11 is 0. The van der Waals surface area contributed by atoms with Crippen LogP contribution in [0, 0.1) is 0 Å². The molecule has 0 aliphatic rings. The van der Waals surface area contributed by atoms with Crippen LogP contribution in [-0.2, 0) is 0 Å². The van der Waals surface area contributed by atoms with Gasteiger partial charge in [0.05, 0.1) is 0 Å². The highest BCUT2D eigenvalue weighted by molar-refractivity contribution is 7.74. The van der Waals surface area contributed by atoms with Crippen molar-refractivity contribution < 1.29 is 0 Å². The minimum absolute atomic E-state index is 0.302. The molecule has 0 fully saturated rings. The fourth-order valence-corrected chi connectivity index (χ4v) is 10.3. The van der Waals surface area contributed by atoms with Gasteiger partial charge in [0.1, 0.15) is 0 Å². The maximum absolute atomic E-state index is 2.40. The lowest BCUT2D eigenvalue weighted by Crippen LogP contribution is -2.20. The zero-order chi connectivity index (χ0) is 23.2. The van der Waals surface area contributed by atoms with Crippen LogP contribution in [0.15, 0.2) is 97.1 Å². The van der Waals surface area contributed by atoms with Crippen molar-refractivity contribution >= 4 is 98.8 Å². The Bertz CT molecular complexity index is 973. The molecule has 0 radical (unpaired) electrons. The molecule has 0 aliphatic heterocycles. The van der Waals surface area contributed by atoms with Crippen LogP contribution in [0.2, 0.25) is 0 Å². The van der Waals surface area contributed by atoms with Crippen molar-refractivity contribution in [3.05, 3.63) is 97.1 Å². The van der Waals surface area contributed by atoms with Crippen LogP contribution in [0.1, 0.15) is 6.42 Å². The van der Waals surface area contributed by atoms with Gasteiger partial charge in [0, 0.05) is 41.0 Å². The van der Waals surface area contributed by atoms with Crippen molar-refractivity contribution in [2.45, 2.75) is 6.42 Å². The van der Waals surface area contributed by atoms with Gasteiger partial charge < -0.3 is 0 Å². The molecule has 6 heteroatoms. The lowest BCUT2D eigenvalue weighted by Gasteiger charge is -2.23. The molecule has 4 aromatic rings. The van der Waals surface area contributed by atoms with Gasteiger partial charge in [-0.1, -0.05) is 118 Å². The summed E-state index contributed by atoms with van der Waals surface area (Å²) in [5.74, 6) is 0. The van der Waals surface area contributed by atoms with Gasteiger partial charge >= 0.3 is 0 Å². The molecule has 168 valence electrons. The summed E-state index contributed by atoms with van der Waals surface area (Å²) in [7, 11) is 3.90. The highest BCUT2D eigenvalue weighted by atomic mass is 31.1. The number of rotatable bonds is 8. The van der Waals surface area contributed by atoms with Crippen LogP contribution in [0.3, 0.4) is 0 Å². The summed E-state index contributed by atoms with van der Waals surface area (Å²) in [5, 5.41) is 12.1. The van der Waals surface area contributed by atoms with Gasteiger partial charge in [-0.2, -0.15) is 0 Å². The third kappa shape index (κ3) is 6.82. The predicted molar refractivity (Wildman–Crippen MR) is 171 cm³/mol. The van der Waals surface area contributed by atoms with E-state index in [0.717, 1.165) is 41.0 Å². The summed E-state index contributed by atoms with van der Waals surface area (Å²) in [6.45, 7) is 0. The molecule has 0 bridgehead atoms. The fraction of sp³-hybridized carbons (Fsp3) is 0.111. The van der Waals surface area contributed by atoms with E-state index in [0.29, 0.717) is 0 Å². The molecule has 0 spiro atoms. The maximum atomic E-state index is 2.40. The van der Waals surface area contributed by atoms with Crippen LogP contribution in [0.25, 0.3) is 0 Å². The van der Waals surface area contributed by atoms with E-state index >= 15 is 0 Å². The van der Waals surface area contributed by atoms with Crippen LogP contribution < -0.4 is 42.0 Å². The normalized spacial score (nSPS) is 13.3. The average Bonchev–Trinajstić information content (AvgIpc) is 2.82. The van der Waals surface area contributed by atoms with Crippen molar-refractivity contribution in [3.8, 4) is 0 Å². The standard InChI is InChI=1S/C27H34P2Si4/c30-24-10-2-20(3-11-24)28(21-4-12-25(31)13-5-21)18-1-19-29(22-6-14-26(32)15-7-22)23-8-16-27(33)17-9-23/h2-17H,1,18-19H2,30-33H3. The molecule has 33 heavy (non-hydrogen) atoms. The second kappa shape index (κ2) is 11.8. The molecule has 0 N–H and O–H groups in total. The molecule has 0 aromatic heterocycles. The van der Waals surface area contributed by atoms with Crippen LogP contribution in [0.5, 0.6) is 0 Å². The third-order valence-corrected chi connectivity index (χ3v) is 14.0. The maximum Gasteiger partial charge on any atom is 0.0384 e. The van der Waals surface area contributed by atoms with Gasteiger partial charge in [-0.05, 0) is 55.8 Å². The highest BCUT2D eigenvalue weighted by Gasteiger charge is 2.17. The Labute approximate surface area is 213 Å². The van der Waals surface area contributed by atoms with E-state index in [9.17, 15) is 0 Å². The number of hydrogen-bond donors (Lipinski definition) is 0. The molecule has 0 amide bonds. The Morgan fingerprint density at radius 1 is 0.364 bits per heavy atom. The molecule has 0 heterocycles. The van der Waals surface area contributed by atoms with Gasteiger partial charge in [0.25, 0.3) is 0 Å². The first kappa shape index (κ1) is 24.7. The lowest BCUT2D eigenvalue weighted by molar-refractivity contribution is 1.11. The SMILES string of the molecule is [SiH3]c1ccc(P(CCCP(c2ccc([SiH3])cc2)c2ccc([SiH3])cc2)c2ccc([SiH3])cc2)cc1. The molecule has 0 unspecified atom stereocenters. The van der Waals surface area contributed by atoms with Crippen molar-refractivity contribution in [2.75, 3.05) is 12.3 Å². The van der Waals surface area contributed by atoms with Crippen molar-refractivity contribution in [3.63, 3.8) is 0 Å². The Morgan fingerprint density at radius 2 is 0.576 bits per heavy atom. The molecular weight excluding hydrogens is 499 g/mol. The van der Waals surface area contributed by atoms with E-state index in [1.54, 1.807) is 0 Å². The van der Waals surface area contributed by atoms with E-state index in [1.807, 2.05) is 0 Å². The molecule has 0 saturated heterocycles. The average molecular weight is 533 g/mol. The first-order valence-corrected chi connectivity index (χ1v) is 18.9. The first-order chi connectivity index (χ1) is 16.0. The molecule has 0 aliphatic carbocycles. The van der Waals surface area contributed by atoms with Gasteiger partial charge in [-0.25, -0.2) is 0 Å². The number of hydrogen-bond acceptors (Lipinski definition) is 0. The van der Waals surface area contributed by atoms with E-state index in [-0.39, 0.29) is 15.8 Å². The van der Waals surface area contributed by atoms with Crippen LogP contribution >= 0.6 is 15.8 Å². The Kier molecular flexibility index (Phi) is 8.87. The molecule has 4 rings (SSSR count). The summed E-state index contributed by atoms with van der Waals surface area (Å²) in [4.78, 5) is 0. The Balaban J connectivity index is 1.57. The van der Waals surface area contributed by atoms with Crippen molar-refractivity contribution in [2.24, 2.45) is 0 Å². The molecule has 0 nitrogen and oxygen atoms in total. The molecule has 0 atom stereocenters. The zero-order valence-electron chi connectivity index (χ0n) is 20.3. The topological polar surface area (TPSA) is 0 Å². The Morgan fingerprint density at radius 3 is 0.788 bits per heavy atom. The second-order valence-corrected chi connectivity index (χ2v) is 18.3. The van der Waals surface area contributed by atoms with E-state index < -0.39 is 0 Å². The quantitative estimate of drug-likeness (QED) is 0.176. The summed E-state index contributed by atoms with van der Waals surface area (Å²) in [6.07, 6.45) is 3.81. The van der Waals surface area contributed by atoms with Crippen molar-refractivity contribution in [1.29, 1.82) is 0 Å². The zero-order valence-corrected chi connectivity index (χ0v) is 30.0. The molecule has 0 saturated carbocycles. The Hall–Kier alpha value is -1.39. The second-order valence-electron chi connectivity index (χ2n) is 9.00. The smallest absolute Gasteiger partial charge is 0.0384 e. The van der Waals surface area contributed by atoms with Crippen molar-refractivity contribution in [1.82, 2.24) is 0 Å². The largest absolute Gasteiger partial charge is 0.0707 e. The summed E-state index contributed by atoms with van der Waals surface area (Å²) in [6, 6.07) is 38.0. The van der Waals surface area contributed by atoms with Gasteiger partial charge in [0.2, 0.25) is 0 Å². The van der Waals surface area contributed by atoms with Gasteiger partial charge in [0.15, 0.2) is 0 Å². The van der Waals surface area contributed by atoms with E-state index in [1.165, 1.54) is 60.7 Å². The summed E-state index contributed by atoms with van der Waals surface area (Å²) < 4.78 is 0. The first-order valence-electron chi connectivity index (χ1n) is 11.8. The fourth-order valence-electron chi connectivity index (χ4n) is 4.10. The number of benzene rings is 4. The van der Waals surface area contributed by atoms with Gasteiger partial charge in [-0.15, -0.1) is 0 Å². The summed E-state index contributed by atoms with van der Waals surface area (Å²) in [5.41, 5.74) is 0. The lowest BCUT2D eigenvalue weighted by atomic mass is 10.4. The van der Waals surface area contributed by atoms with Crippen LogP contribution in [-0.4, -0.2) is 53.3 Å². The van der Waals surface area contributed by atoms with E-state index in [2.05, 4.69) is 97.1 Å². The minimum atomic E-state index is -0.302. The molecular formula is C27H34P2Si4. The van der Waals surface area contributed by atoms with Crippen LogP contribution in [0.4, 0.5) is 0 Å². The highest BCUT2D eigenvalue weighted by Crippen LogP contribution is 2.39. The minimum Gasteiger partial charge on any atom is -0.0707 e. The van der Waals surface area contributed by atoms with Gasteiger partial charge in [-0.3, -0.25) is 0 Å². The molecule has 4 aromatic carbocycles. The monoisotopic (exact) mass is 532 g/mol. The predicted octanol–water partition coefficient (Wildman–Crippen LogP) is -2.39.